The minimum atomic E-state index is -0.533. The average Bonchev–Trinajstić information content (AvgIpc) is 3.33. The number of nitro groups is 1. The fourth-order valence-corrected chi connectivity index (χ4v) is 4.84. The van der Waals surface area contributed by atoms with Gasteiger partial charge in [0, 0.05) is 48.3 Å². The number of hydrogen-bond donors (Lipinski definition) is 0. The van der Waals surface area contributed by atoms with Crippen LogP contribution < -0.4 is 0 Å². The summed E-state index contributed by atoms with van der Waals surface area (Å²) in [7, 11) is 0. The van der Waals surface area contributed by atoms with Crippen molar-refractivity contribution in [3.8, 4) is 0 Å². The van der Waals surface area contributed by atoms with Gasteiger partial charge in [-0.3, -0.25) is 24.5 Å². The lowest BCUT2D eigenvalue weighted by atomic mass is 9.88. The van der Waals surface area contributed by atoms with E-state index in [1.165, 1.54) is 18.2 Å². The summed E-state index contributed by atoms with van der Waals surface area (Å²) < 4.78 is 0. The van der Waals surface area contributed by atoms with Gasteiger partial charge in [-0.05, 0) is 44.7 Å². The first kappa shape index (κ1) is 22.6. The summed E-state index contributed by atoms with van der Waals surface area (Å²) in [5.41, 5.74) is 1.43. The van der Waals surface area contributed by atoms with Crippen LogP contribution in [0.15, 0.2) is 48.5 Å². The van der Waals surface area contributed by atoms with E-state index in [1.807, 2.05) is 30.3 Å². The summed E-state index contributed by atoms with van der Waals surface area (Å²) in [5, 5.41) is 11.1. The van der Waals surface area contributed by atoms with E-state index in [-0.39, 0.29) is 29.2 Å². The smallest absolute Gasteiger partial charge is 0.272 e. The highest BCUT2D eigenvalue weighted by Crippen LogP contribution is 2.27. The molecule has 8 nitrogen and oxygen atoms in total. The first-order chi connectivity index (χ1) is 15.9. The zero-order valence-corrected chi connectivity index (χ0v) is 18.6. The van der Waals surface area contributed by atoms with Gasteiger partial charge in [0.1, 0.15) is 6.04 Å². The summed E-state index contributed by atoms with van der Waals surface area (Å²) in [6, 6.07) is 13.0. The van der Waals surface area contributed by atoms with Crippen LogP contribution in [0.25, 0.3) is 0 Å². The number of piperidine rings is 1. The predicted molar refractivity (Wildman–Crippen MR) is 122 cm³/mol. The number of nitro benzene ring substituents is 1. The highest BCUT2D eigenvalue weighted by molar-refractivity contribution is 5.99. The fraction of sp³-hybridized carbons (Fsp3) is 0.400. The van der Waals surface area contributed by atoms with Crippen LogP contribution in [-0.4, -0.2) is 58.0 Å². The maximum Gasteiger partial charge on any atom is 0.272 e. The van der Waals surface area contributed by atoms with Gasteiger partial charge in [-0.2, -0.15) is 0 Å². The fourth-order valence-electron chi connectivity index (χ4n) is 4.84. The van der Waals surface area contributed by atoms with Crippen molar-refractivity contribution < 1.29 is 19.3 Å². The van der Waals surface area contributed by atoms with Crippen LogP contribution >= 0.6 is 0 Å². The minimum absolute atomic E-state index is 0.0338. The predicted octanol–water partition coefficient (Wildman–Crippen LogP) is 3.63. The van der Waals surface area contributed by atoms with Gasteiger partial charge in [-0.15, -0.1) is 0 Å². The van der Waals surface area contributed by atoms with Crippen LogP contribution in [0.4, 0.5) is 5.69 Å². The second-order valence-electron chi connectivity index (χ2n) is 8.74. The number of hydrogen-bond acceptors (Lipinski definition) is 5. The number of ketones is 1. The molecule has 1 unspecified atom stereocenters. The Morgan fingerprint density at radius 1 is 0.939 bits per heavy atom. The molecule has 2 fully saturated rings. The van der Waals surface area contributed by atoms with E-state index in [1.54, 1.807) is 16.7 Å². The molecule has 4 rings (SSSR count). The van der Waals surface area contributed by atoms with Crippen LogP contribution in [0.1, 0.15) is 52.0 Å². The molecule has 0 N–H and O–H groups in total. The van der Waals surface area contributed by atoms with Crippen molar-refractivity contribution in [1.82, 2.24) is 9.80 Å². The Hall–Kier alpha value is -3.55. The zero-order valence-electron chi connectivity index (χ0n) is 18.6. The first-order valence-corrected chi connectivity index (χ1v) is 11.3. The Kier molecular flexibility index (Phi) is 6.53. The van der Waals surface area contributed by atoms with Crippen LogP contribution in [0, 0.1) is 23.0 Å². The number of rotatable bonds is 5. The van der Waals surface area contributed by atoms with Gasteiger partial charge >= 0.3 is 0 Å². The molecule has 0 spiro atoms. The van der Waals surface area contributed by atoms with Gasteiger partial charge < -0.3 is 9.80 Å². The highest BCUT2D eigenvalue weighted by Gasteiger charge is 2.38. The molecule has 0 radical (unpaired) electrons. The maximum atomic E-state index is 13.3. The lowest BCUT2D eigenvalue weighted by Gasteiger charge is -2.35. The molecule has 33 heavy (non-hydrogen) atoms. The second kappa shape index (κ2) is 9.52. The molecule has 0 aliphatic carbocycles. The number of benzene rings is 2. The van der Waals surface area contributed by atoms with Crippen molar-refractivity contribution in [3.63, 3.8) is 0 Å². The van der Waals surface area contributed by atoms with Crippen molar-refractivity contribution >= 4 is 23.3 Å². The van der Waals surface area contributed by atoms with E-state index in [0.717, 1.165) is 6.42 Å². The second-order valence-corrected chi connectivity index (χ2v) is 8.74. The Morgan fingerprint density at radius 2 is 1.64 bits per heavy atom. The Balaban J connectivity index is 1.40. The summed E-state index contributed by atoms with van der Waals surface area (Å²) in [4.78, 5) is 53.0. The molecule has 0 aromatic heterocycles. The van der Waals surface area contributed by atoms with Gasteiger partial charge in [-0.1, -0.05) is 30.3 Å². The molecule has 2 heterocycles. The normalized spacial score (nSPS) is 18.9. The van der Waals surface area contributed by atoms with Crippen molar-refractivity contribution in [2.45, 2.75) is 38.6 Å². The van der Waals surface area contributed by atoms with Crippen LogP contribution in [-0.2, 0) is 4.79 Å². The van der Waals surface area contributed by atoms with Crippen molar-refractivity contribution in [3.05, 3.63) is 75.3 Å². The monoisotopic (exact) mass is 449 g/mol. The quantitative estimate of drug-likeness (QED) is 0.394. The van der Waals surface area contributed by atoms with Crippen LogP contribution in [0.5, 0.6) is 0 Å². The van der Waals surface area contributed by atoms with Gasteiger partial charge in [-0.25, -0.2) is 0 Å². The summed E-state index contributed by atoms with van der Waals surface area (Å²) in [6.45, 7) is 3.07. The first-order valence-electron chi connectivity index (χ1n) is 11.3. The molecule has 0 bridgehead atoms. The molecule has 0 saturated carbocycles. The topological polar surface area (TPSA) is 101 Å². The number of aryl methyl sites for hydroxylation is 1. The van der Waals surface area contributed by atoms with E-state index in [9.17, 15) is 24.5 Å². The molecule has 2 saturated heterocycles. The minimum Gasteiger partial charge on any atom is -0.341 e. The third-order valence-corrected chi connectivity index (χ3v) is 6.67. The standard InChI is InChI=1S/C25H27N3O5/c1-17-16-20(9-10-21(17)28(32)33)24(30)27-13-5-8-22(27)25(31)26-14-11-19(12-15-26)23(29)18-6-3-2-4-7-18/h2-4,6-7,9-10,16,19,22H,5,8,11-15H2,1H3. The Bertz CT molecular complexity index is 1080. The lowest BCUT2D eigenvalue weighted by Crippen LogP contribution is -2.50. The summed E-state index contributed by atoms with van der Waals surface area (Å²) >= 11 is 0. The van der Waals surface area contributed by atoms with E-state index < -0.39 is 11.0 Å². The number of likely N-dealkylation sites (tertiary alicyclic amines) is 2. The van der Waals surface area contributed by atoms with Crippen LogP contribution in [0.3, 0.4) is 0 Å². The number of Topliss-reactive ketones (excluding diaryl/α,β-unsaturated/α-hetero) is 1. The van der Waals surface area contributed by atoms with E-state index >= 15 is 0 Å². The van der Waals surface area contributed by atoms with Crippen molar-refractivity contribution in [2.75, 3.05) is 19.6 Å². The van der Waals surface area contributed by atoms with Gasteiger partial charge in [0.15, 0.2) is 5.78 Å². The van der Waals surface area contributed by atoms with Crippen molar-refractivity contribution in [1.29, 1.82) is 0 Å². The number of nitrogens with zero attached hydrogens (tertiary/aromatic N) is 3. The molecule has 1 atom stereocenters. The van der Waals surface area contributed by atoms with Gasteiger partial charge in [0.05, 0.1) is 4.92 Å². The van der Waals surface area contributed by atoms with Gasteiger partial charge in [0.25, 0.3) is 11.6 Å². The van der Waals surface area contributed by atoms with Gasteiger partial charge in [0.2, 0.25) is 5.91 Å². The SMILES string of the molecule is Cc1cc(C(=O)N2CCCC2C(=O)N2CCC(C(=O)c3ccccc3)CC2)ccc1[N+](=O)[O-]. The summed E-state index contributed by atoms with van der Waals surface area (Å²) in [6.07, 6.45) is 2.56. The third kappa shape index (κ3) is 4.65. The number of carbonyl (C=O) groups excluding carboxylic acids is 3. The van der Waals surface area contributed by atoms with E-state index in [2.05, 4.69) is 0 Å². The Morgan fingerprint density at radius 3 is 2.27 bits per heavy atom. The molecule has 172 valence electrons. The molecule has 2 aliphatic heterocycles. The molecular formula is C25H27N3O5. The lowest BCUT2D eigenvalue weighted by molar-refractivity contribution is -0.385. The molecule has 2 amide bonds. The molecular weight excluding hydrogens is 422 g/mol. The zero-order chi connectivity index (χ0) is 23.5. The average molecular weight is 450 g/mol. The Labute approximate surface area is 192 Å². The number of amides is 2. The third-order valence-electron chi connectivity index (χ3n) is 6.67. The van der Waals surface area contributed by atoms with Crippen LogP contribution in [0.2, 0.25) is 0 Å². The summed E-state index contributed by atoms with van der Waals surface area (Å²) in [5.74, 6) is -0.335. The molecule has 2 aliphatic rings. The van der Waals surface area contributed by atoms with Crippen molar-refractivity contribution in [2.24, 2.45) is 5.92 Å². The molecule has 8 heteroatoms. The number of carbonyl (C=O) groups is 3. The maximum absolute atomic E-state index is 13.3. The van der Waals surface area contributed by atoms with E-state index in [0.29, 0.717) is 55.6 Å². The molecule has 2 aromatic carbocycles. The molecule has 2 aromatic rings. The largest absolute Gasteiger partial charge is 0.341 e. The van der Waals surface area contributed by atoms with E-state index in [4.69, 9.17) is 0 Å². The highest BCUT2D eigenvalue weighted by atomic mass is 16.6.